The van der Waals surface area contributed by atoms with E-state index in [4.69, 9.17) is 23.7 Å². The maximum absolute atomic E-state index is 11.2. The van der Waals surface area contributed by atoms with Gasteiger partial charge in [-0.05, 0) is 6.92 Å². The van der Waals surface area contributed by atoms with Gasteiger partial charge in [0.2, 0.25) is 0 Å². The van der Waals surface area contributed by atoms with Crippen molar-refractivity contribution >= 4 is 12.1 Å². The second-order valence-corrected chi connectivity index (χ2v) is 3.61. The van der Waals surface area contributed by atoms with Crippen LogP contribution in [0.2, 0.25) is 0 Å². The molecule has 7 nitrogen and oxygen atoms in total. The van der Waals surface area contributed by atoms with Crippen LogP contribution in [0.15, 0.2) is 12.2 Å². The van der Waals surface area contributed by atoms with Crippen molar-refractivity contribution in [3.63, 3.8) is 0 Å². The van der Waals surface area contributed by atoms with E-state index in [1.165, 1.54) is 6.92 Å². The summed E-state index contributed by atoms with van der Waals surface area (Å²) in [6, 6.07) is 0. The Morgan fingerprint density at radius 3 is 2.44 bits per heavy atom. The van der Waals surface area contributed by atoms with Crippen LogP contribution in [0.1, 0.15) is 6.92 Å². The molecule has 0 amide bonds. The van der Waals surface area contributed by atoms with Gasteiger partial charge in [0, 0.05) is 5.57 Å². The molecule has 1 heterocycles. The number of esters is 1. The minimum absolute atomic E-state index is 0.0432. The lowest BCUT2D eigenvalue weighted by molar-refractivity contribution is -0.158. The van der Waals surface area contributed by atoms with Crippen molar-refractivity contribution in [3.05, 3.63) is 12.2 Å². The lowest BCUT2D eigenvalue weighted by Gasteiger charge is -2.21. The third-order valence-electron chi connectivity index (χ3n) is 1.92. The first-order valence-corrected chi connectivity index (χ1v) is 5.41. The molecular weight excluding hydrogens is 244 g/mol. The molecule has 1 saturated heterocycles. The van der Waals surface area contributed by atoms with E-state index >= 15 is 0 Å². The molecule has 1 aliphatic heterocycles. The number of rotatable bonds is 5. The van der Waals surface area contributed by atoms with Crippen molar-refractivity contribution in [2.45, 2.75) is 13.0 Å². The largest absolute Gasteiger partial charge is 0.508 e. The molecule has 0 atom stereocenters. The molecule has 0 aromatic carbocycles. The maximum atomic E-state index is 11.2. The van der Waals surface area contributed by atoms with Crippen LogP contribution in [0.25, 0.3) is 0 Å². The molecule has 0 unspecified atom stereocenters. The van der Waals surface area contributed by atoms with E-state index in [9.17, 15) is 9.59 Å². The van der Waals surface area contributed by atoms with Gasteiger partial charge >= 0.3 is 12.1 Å². The molecular formula is C11H16O7. The molecule has 102 valence electrons. The monoisotopic (exact) mass is 260 g/mol. The van der Waals surface area contributed by atoms with E-state index < -0.39 is 18.2 Å². The minimum Gasteiger partial charge on any atom is -0.459 e. The summed E-state index contributed by atoms with van der Waals surface area (Å²) in [7, 11) is 0. The van der Waals surface area contributed by atoms with E-state index in [-0.39, 0.29) is 38.8 Å². The fourth-order valence-corrected chi connectivity index (χ4v) is 1.09. The second-order valence-electron chi connectivity index (χ2n) is 3.61. The first-order chi connectivity index (χ1) is 8.59. The molecule has 1 aliphatic rings. The Labute approximate surface area is 105 Å². The molecule has 18 heavy (non-hydrogen) atoms. The van der Waals surface area contributed by atoms with Crippen LogP contribution in [0.3, 0.4) is 0 Å². The van der Waals surface area contributed by atoms with E-state index in [2.05, 4.69) is 6.58 Å². The van der Waals surface area contributed by atoms with E-state index in [1.807, 2.05) is 0 Å². The third-order valence-corrected chi connectivity index (χ3v) is 1.92. The number of carbonyl (C=O) groups is 2. The van der Waals surface area contributed by atoms with Crippen molar-refractivity contribution in [3.8, 4) is 0 Å². The summed E-state index contributed by atoms with van der Waals surface area (Å²) in [5.41, 5.74) is 0.286. The first kappa shape index (κ1) is 14.5. The molecule has 0 spiro atoms. The van der Waals surface area contributed by atoms with Gasteiger partial charge < -0.3 is 23.7 Å². The molecule has 0 aromatic heterocycles. The van der Waals surface area contributed by atoms with Crippen molar-refractivity contribution in [1.29, 1.82) is 0 Å². The van der Waals surface area contributed by atoms with Gasteiger partial charge in [-0.2, -0.15) is 0 Å². The summed E-state index contributed by atoms with van der Waals surface area (Å²) in [5.74, 6) is -0.527. The predicted octanol–water partition coefficient (Wildman–Crippen LogP) is 0.632. The van der Waals surface area contributed by atoms with Crippen molar-refractivity contribution < 1.29 is 33.3 Å². The van der Waals surface area contributed by atoms with Crippen LogP contribution in [-0.4, -0.2) is 51.4 Å². The summed E-state index contributed by atoms with van der Waals surface area (Å²) in [5, 5.41) is 0. The fourth-order valence-electron chi connectivity index (χ4n) is 1.09. The molecule has 1 rings (SSSR count). The molecule has 7 heteroatoms. The van der Waals surface area contributed by atoms with Crippen molar-refractivity contribution in [2.24, 2.45) is 0 Å². The van der Waals surface area contributed by atoms with Crippen LogP contribution in [-0.2, 0) is 28.5 Å². The van der Waals surface area contributed by atoms with Gasteiger partial charge in [0.25, 0.3) is 0 Å². The zero-order valence-electron chi connectivity index (χ0n) is 10.2. The lowest BCUT2D eigenvalue weighted by Crippen LogP contribution is -2.33. The molecule has 0 aromatic rings. The third kappa shape index (κ3) is 5.65. The Morgan fingerprint density at radius 2 is 1.83 bits per heavy atom. The average molecular weight is 260 g/mol. The quantitative estimate of drug-likeness (QED) is 0.407. The van der Waals surface area contributed by atoms with Gasteiger partial charge in [-0.1, -0.05) is 6.58 Å². The number of hydrogen-bond donors (Lipinski definition) is 0. The van der Waals surface area contributed by atoms with Crippen LogP contribution in [0.4, 0.5) is 4.79 Å². The summed E-state index contributed by atoms with van der Waals surface area (Å²) in [6.45, 7) is 5.57. The summed E-state index contributed by atoms with van der Waals surface area (Å²) in [6.07, 6.45) is -1.32. The zero-order valence-corrected chi connectivity index (χ0v) is 10.2. The molecule has 0 N–H and O–H groups in total. The average Bonchev–Trinajstić information content (AvgIpc) is 2.35. The molecule has 0 radical (unpaired) electrons. The topological polar surface area (TPSA) is 80.3 Å². The highest BCUT2D eigenvalue weighted by molar-refractivity contribution is 5.86. The van der Waals surface area contributed by atoms with Crippen molar-refractivity contribution in [2.75, 3.05) is 33.2 Å². The minimum atomic E-state index is -0.847. The Morgan fingerprint density at radius 1 is 1.22 bits per heavy atom. The Kier molecular flexibility index (Phi) is 6.16. The van der Waals surface area contributed by atoms with Crippen LogP contribution in [0.5, 0.6) is 0 Å². The Balaban J connectivity index is 2.06. The number of carbonyl (C=O) groups excluding carboxylic acids is 2. The maximum Gasteiger partial charge on any atom is 0.508 e. The van der Waals surface area contributed by atoms with E-state index in [1.54, 1.807) is 0 Å². The highest BCUT2D eigenvalue weighted by Gasteiger charge is 2.19. The van der Waals surface area contributed by atoms with Gasteiger partial charge in [-0.3, -0.25) is 0 Å². The van der Waals surface area contributed by atoms with Crippen molar-refractivity contribution in [1.82, 2.24) is 0 Å². The highest BCUT2D eigenvalue weighted by Crippen LogP contribution is 2.03. The summed E-state index contributed by atoms with van der Waals surface area (Å²) < 4.78 is 24.2. The van der Waals surface area contributed by atoms with Crippen LogP contribution < -0.4 is 0 Å². The lowest BCUT2D eigenvalue weighted by atomic mass is 10.4. The van der Waals surface area contributed by atoms with Gasteiger partial charge in [0.05, 0.1) is 13.2 Å². The highest BCUT2D eigenvalue weighted by atomic mass is 16.8. The van der Waals surface area contributed by atoms with Gasteiger partial charge in [0.15, 0.2) is 6.10 Å². The number of hydrogen-bond acceptors (Lipinski definition) is 7. The predicted molar refractivity (Wildman–Crippen MR) is 58.8 cm³/mol. The second kappa shape index (κ2) is 7.67. The first-order valence-electron chi connectivity index (χ1n) is 5.41. The zero-order chi connectivity index (χ0) is 13.4. The molecule has 1 fully saturated rings. The van der Waals surface area contributed by atoms with Gasteiger partial charge in [-0.15, -0.1) is 0 Å². The Bertz CT molecular complexity index is 307. The number of ether oxygens (including phenoxy) is 5. The normalized spacial score (nSPS) is 15.8. The molecule has 0 bridgehead atoms. The summed E-state index contributed by atoms with van der Waals surface area (Å²) >= 11 is 0. The smallest absolute Gasteiger partial charge is 0.459 e. The molecule has 0 saturated carbocycles. The Hall–Kier alpha value is -1.60. The summed E-state index contributed by atoms with van der Waals surface area (Å²) in [4.78, 5) is 22.2. The van der Waals surface area contributed by atoms with Crippen LogP contribution >= 0.6 is 0 Å². The SMILES string of the molecule is C=C(C)C(=O)OCCOC(=O)OC1COCOC1. The van der Waals surface area contributed by atoms with Gasteiger partial charge in [-0.25, -0.2) is 9.59 Å². The van der Waals surface area contributed by atoms with Gasteiger partial charge in [0.1, 0.15) is 20.0 Å². The van der Waals surface area contributed by atoms with E-state index in [0.717, 1.165) is 0 Å². The standard InChI is InChI=1S/C11H16O7/c1-8(2)10(12)16-3-4-17-11(13)18-9-5-14-7-15-6-9/h9H,1,3-7H2,2H3. The van der Waals surface area contributed by atoms with E-state index in [0.29, 0.717) is 0 Å². The molecule has 0 aliphatic carbocycles. The van der Waals surface area contributed by atoms with Crippen LogP contribution in [0, 0.1) is 0 Å². The fraction of sp³-hybridized carbons (Fsp3) is 0.636.